The highest BCUT2D eigenvalue weighted by Gasteiger charge is 2.36. The Morgan fingerprint density at radius 3 is 2.76 bits per heavy atom. The number of halogens is 1. The number of carbonyl (C=O) groups excluding carboxylic acids is 1. The van der Waals surface area contributed by atoms with E-state index in [-0.39, 0.29) is 25.0 Å². The second-order valence-corrected chi connectivity index (χ2v) is 5.02. The van der Waals surface area contributed by atoms with Crippen molar-refractivity contribution >= 4 is 11.6 Å². The second-order valence-electron chi connectivity index (χ2n) is 5.02. The Kier molecular flexibility index (Phi) is 4.05. The van der Waals surface area contributed by atoms with E-state index in [0.717, 1.165) is 5.06 Å². The fourth-order valence-electron chi connectivity index (χ4n) is 2.77. The predicted octanol–water partition coefficient (Wildman–Crippen LogP) is 0.436. The maximum absolute atomic E-state index is 14.3. The number of nitrogens with zero attached hydrogens (tertiary/aromatic N) is 2. The standard InChI is InChI=1S/C14H18FN3O3/c15-12-3-1-2-10(11-8-21-18(9-16)14(11)19)13(12)17-4-6-20-7-5-17/h1-3,11H,4-9,16H2/t11-/m1/s1. The molecule has 21 heavy (non-hydrogen) atoms. The Balaban J connectivity index is 1.95. The van der Waals surface area contributed by atoms with E-state index in [1.165, 1.54) is 6.07 Å². The summed E-state index contributed by atoms with van der Waals surface area (Å²) in [4.78, 5) is 19.4. The summed E-state index contributed by atoms with van der Waals surface area (Å²) in [6, 6.07) is 4.81. The zero-order chi connectivity index (χ0) is 14.8. The average molecular weight is 295 g/mol. The van der Waals surface area contributed by atoms with Gasteiger partial charge >= 0.3 is 0 Å². The molecule has 1 aromatic rings. The van der Waals surface area contributed by atoms with Gasteiger partial charge in [-0.25, -0.2) is 9.45 Å². The molecule has 7 heteroatoms. The third-order valence-corrected chi connectivity index (χ3v) is 3.83. The molecule has 0 radical (unpaired) electrons. The summed E-state index contributed by atoms with van der Waals surface area (Å²) in [5, 5.41) is 1.12. The number of para-hydroxylation sites is 1. The van der Waals surface area contributed by atoms with Gasteiger partial charge in [-0.3, -0.25) is 9.63 Å². The summed E-state index contributed by atoms with van der Waals surface area (Å²) in [7, 11) is 0. The maximum atomic E-state index is 14.3. The molecular weight excluding hydrogens is 277 g/mol. The number of nitrogens with two attached hydrogens (primary N) is 1. The van der Waals surface area contributed by atoms with Crippen molar-refractivity contribution in [3.8, 4) is 0 Å². The van der Waals surface area contributed by atoms with Crippen molar-refractivity contribution in [2.45, 2.75) is 5.92 Å². The number of rotatable bonds is 3. The molecule has 1 amide bonds. The van der Waals surface area contributed by atoms with Gasteiger partial charge in [0.15, 0.2) is 0 Å². The fraction of sp³-hybridized carbons (Fsp3) is 0.500. The minimum absolute atomic E-state index is 0.00244. The van der Waals surface area contributed by atoms with Crippen molar-refractivity contribution in [2.75, 3.05) is 44.5 Å². The minimum atomic E-state index is -0.512. The third kappa shape index (κ3) is 2.59. The van der Waals surface area contributed by atoms with Gasteiger partial charge in [-0.05, 0) is 11.6 Å². The summed E-state index contributed by atoms with van der Waals surface area (Å²) in [6.45, 7) is 2.51. The molecule has 0 unspecified atom stereocenters. The fourth-order valence-corrected chi connectivity index (χ4v) is 2.77. The summed E-state index contributed by atoms with van der Waals surface area (Å²) in [5.74, 6) is -1.06. The molecule has 0 bridgehead atoms. The number of ether oxygens (including phenoxy) is 1. The van der Waals surface area contributed by atoms with Gasteiger partial charge in [0.05, 0.1) is 38.1 Å². The zero-order valence-corrected chi connectivity index (χ0v) is 11.6. The van der Waals surface area contributed by atoms with Crippen molar-refractivity contribution in [1.29, 1.82) is 0 Å². The molecule has 3 rings (SSSR count). The van der Waals surface area contributed by atoms with Gasteiger partial charge in [0.25, 0.3) is 5.91 Å². The molecule has 0 saturated carbocycles. The largest absolute Gasteiger partial charge is 0.378 e. The number of morpholine rings is 1. The normalized spacial score (nSPS) is 23.0. The van der Waals surface area contributed by atoms with E-state index in [1.807, 2.05) is 4.90 Å². The minimum Gasteiger partial charge on any atom is -0.378 e. The van der Waals surface area contributed by atoms with Crippen LogP contribution in [0.5, 0.6) is 0 Å². The first-order chi connectivity index (χ1) is 10.2. The topological polar surface area (TPSA) is 68.0 Å². The van der Waals surface area contributed by atoms with Crippen LogP contribution < -0.4 is 10.6 Å². The van der Waals surface area contributed by atoms with E-state index in [0.29, 0.717) is 37.6 Å². The van der Waals surface area contributed by atoms with Crippen LogP contribution in [0.2, 0.25) is 0 Å². The van der Waals surface area contributed by atoms with E-state index in [4.69, 9.17) is 15.3 Å². The number of hydrogen-bond donors (Lipinski definition) is 1. The summed E-state index contributed by atoms with van der Waals surface area (Å²) in [6.07, 6.45) is 0. The van der Waals surface area contributed by atoms with Gasteiger partial charge in [-0.1, -0.05) is 12.1 Å². The molecule has 6 nitrogen and oxygen atoms in total. The molecule has 1 atom stereocenters. The Morgan fingerprint density at radius 1 is 1.33 bits per heavy atom. The number of benzene rings is 1. The summed E-state index contributed by atoms with van der Waals surface area (Å²) < 4.78 is 19.6. The van der Waals surface area contributed by atoms with Crippen LogP contribution in [0, 0.1) is 5.82 Å². The molecule has 0 spiro atoms. The molecule has 2 aliphatic rings. The van der Waals surface area contributed by atoms with Crippen LogP contribution in [0.4, 0.5) is 10.1 Å². The van der Waals surface area contributed by atoms with Crippen LogP contribution in [0.25, 0.3) is 0 Å². The van der Waals surface area contributed by atoms with E-state index in [1.54, 1.807) is 12.1 Å². The SMILES string of the molecule is NCN1OC[C@H](c2cccc(F)c2N2CCOCC2)C1=O. The number of anilines is 1. The van der Waals surface area contributed by atoms with Crippen molar-refractivity contribution < 1.29 is 18.8 Å². The van der Waals surface area contributed by atoms with Crippen LogP contribution in [0.3, 0.4) is 0 Å². The van der Waals surface area contributed by atoms with E-state index in [2.05, 4.69) is 0 Å². The van der Waals surface area contributed by atoms with Crippen molar-refractivity contribution in [3.05, 3.63) is 29.6 Å². The van der Waals surface area contributed by atoms with E-state index in [9.17, 15) is 9.18 Å². The molecule has 2 aliphatic heterocycles. The smallest absolute Gasteiger partial charge is 0.257 e. The lowest BCUT2D eigenvalue weighted by Gasteiger charge is -2.31. The first-order valence-electron chi connectivity index (χ1n) is 6.98. The Labute approximate surface area is 122 Å². The van der Waals surface area contributed by atoms with Gasteiger partial charge in [-0.15, -0.1) is 0 Å². The van der Waals surface area contributed by atoms with Crippen molar-refractivity contribution in [1.82, 2.24) is 5.06 Å². The summed E-state index contributed by atoms with van der Waals surface area (Å²) in [5.41, 5.74) is 6.58. The van der Waals surface area contributed by atoms with Crippen molar-refractivity contribution in [2.24, 2.45) is 5.73 Å². The van der Waals surface area contributed by atoms with Crippen LogP contribution >= 0.6 is 0 Å². The highest BCUT2D eigenvalue weighted by molar-refractivity contribution is 5.86. The first kappa shape index (κ1) is 14.2. The lowest BCUT2D eigenvalue weighted by molar-refractivity contribution is -0.161. The van der Waals surface area contributed by atoms with Gasteiger partial charge in [0.1, 0.15) is 5.82 Å². The lowest BCUT2D eigenvalue weighted by Crippen LogP contribution is -2.38. The number of hydrogen-bond acceptors (Lipinski definition) is 5. The molecule has 2 fully saturated rings. The maximum Gasteiger partial charge on any atom is 0.257 e. The second kappa shape index (κ2) is 5.97. The average Bonchev–Trinajstić information content (AvgIpc) is 2.88. The zero-order valence-electron chi connectivity index (χ0n) is 11.6. The van der Waals surface area contributed by atoms with E-state index < -0.39 is 5.92 Å². The van der Waals surface area contributed by atoms with Gasteiger partial charge in [-0.2, -0.15) is 0 Å². The molecule has 0 aliphatic carbocycles. The van der Waals surface area contributed by atoms with Gasteiger partial charge in [0, 0.05) is 13.1 Å². The predicted molar refractivity (Wildman–Crippen MR) is 74.0 cm³/mol. The number of hydroxylamine groups is 2. The van der Waals surface area contributed by atoms with Gasteiger partial charge < -0.3 is 15.4 Å². The van der Waals surface area contributed by atoms with Crippen LogP contribution in [-0.4, -0.2) is 50.5 Å². The summed E-state index contributed by atoms with van der Waals surface area (Å²) >= 11 is 0. The lowest BCUT2D eigenvalue weighted by atomic mass is 9.96. The molecular formula is C14H18FN3O3. The highest BCUT2D eigenvalue weighted by atomic mass is 19.1. The Morgan fingerprint density at radius 2 is 2.10 bits per heavy atom. The van der Waals surface area contributed by atoms with Crippen LogP contribution in [-0.2, 0) is 14.4 Å². The quantitative estimate of drug-likeness (QED) is 0.876. The molecule has 2 N–H and O–H groups in total. The highest BCUT2D eigenvalue weighted by Crippen LogP contribution is 2.34. The van der Waals surface area contributed by atoms with Crippen LogP contribution in [0.1, 0.15) is 11.5 Å². The number of carbonyl (C=O) groups is 1. The Hall–Kier alpha value is -1.70. The van der Waals surface area contributed by atoms with Gasteiger partial charge in [0.2, 0.25) is 0 Å². The molecule has 0 aromatic heterocycles. The third-order valence-electron chi connectivity index (χ3n) is 3.83. The first-order valence-corrected chi connectivity index (χ1v) is 6.98. The molecule has 2 heterocycles. The molecule has 1 aromatic carbocycles. The Bertz CT molecular complexity index is 534. The number of amides is 1. The van der Waals surface area contributed by atoms with Crippen LogP contribution in [0.15, 0.2) is 18.2 Å². The van der Waals surface area contributed by atoms with Crippen molar-refractivity contribution in [3.63, 3.8) is 0 Å². The monoisotopic (exact) mass is 295 g/mol. The molecule has 114 valence electrons. The van der Waals surface area contributed by atoms with E-state index >= 15 is 0 Å². The molecule has 2 saturated heterocycles.